The van der Waals surface area contributed by atoms with Gasteiger partial charge in [-0.2, -0.15) is 0 Å². The fourth-order valence-corrected chi connectivity index (χ4v) is 3.04. The van der Waals surface area contributed by atoms with Crippen LogP contribution >= 0.6 is 11.3 Å². The molecule has 3 nitrogen and oxygen atoms in total. The Morgan fingerprint density at radius 2 is 2.50 bits per heavy atom. The van der Waals surface area contributed by atoms with Gasteiger partial charge < -0.3 is 10.4 Å². The smallest absolute Gasteiger partial charge is 0.224 e. The highest BCUT2D eigenvalue weighted by atomic mass is 32.1. The van der Waals surface area contributed by atoms with E-state index >= 15 is 0 Å². The van der Waals surface area contributed by atoms with E-state index in [1.165, 1.54) is 10.4 Å². The van der Waals surface area contributed by atoms with Crippen LogP contribution in [0.3, 0.4) is 0 Å². The van der Waals surface area contributed by atoms with Crippen LogP contribution in [0.25, 0.3) is 0 Å². The summed E-state index contributed by atoms with van der Waals surface area (Å²) in [5.74, 6) is 0.608. The molecule has 16 heavy (non-hydrogen) atoms. The summed E-state index contributed by atoms with van der Waals surface area (Å²) in [5, 5.41) is 13.8. The molecular weight excluding hydrogens is 222 g/mol. The second-order valence-corrected chi connectivity index (χ2v) is 5.46. The Balaban J connectivity index is 1.92. The topological polar surface area (TPSA) is 49.3 Å². The number of aliphatic hydroxyl groups is 1. The highest BCUT2D eigenvalue weighted by molar-refractivity contribution is 7.10. The van der Waals surface area contributed by atoms with Gasteiger partial charge in [0, 0.05) is 22.8 Å². The SMILES string of the molecule is Cc1ccsc1C1CC1C(=O)NC(C)CO. The second kappa shape index (κ2) is 4.55. The van der Waals surface area contributed by atoms with E-state index in [1.54, 1.807) is 11.3 Å². The molecule has 1 aromatic heterocycles. The normalized spacial score (nSPS) is 25.2. The Hall–Kier alpha value is -0.870. The van der Waals surface area contributed by atoms with E-state index in [2.05, 4.69) is 23.7 Å². The zero-order chi connectivity index (χ0) is 11.7. The summed E-state index contributed by atoms with van der Waals surface area (Å²) in [6.45, 7) is 3.91. The predicted molar refractivity (Wildman–Crippen MR) is 64.6 cm³/mol. The van der Waals surface area contributed by atoms with Gasteiger partial charge in [-0.3, -0.25) is 4.79 Å². The quantitative estimate of drug-likeness (QED) is 0.839. The summed E-state index contributed by atoms with van der Waals surface area (Å²) in [5.41, 5.74) is 1.29. The monoisotopic (exact) mass is 239 g/mol. The van der Waals surface area contributed by atoms with Crippen LogP contribution < -0.4 is 5.32 Å². The maximum atomic E-state index is 11.8. The van der Waals surface area contributed by atoms with Crippen molar-refractivity contribution in [1.82, 2.24) is 5.32 Å². The molecule has 1 aromatic rings. The van der Waals surface area contributed by atoms with E-state index in [1.807, 2.05) is 6.92 Å². The first-order valence-corrected chi connectivity index (χ1v) is 6.46. The summed E-state index contributed by atoms with van der Waals surface area (Å²) >= 11 is 1.74. The maximum absolute atomic E-state index is 11.8. The Kier molecular flexibility index (Phi) is 3.30. The molecule has 0 spiro atoms. The van der Waals surface area contributed by atoms with Gasteiger partial charge in [0.2, 0.25) is 5.91 Å². The molecule has 1 heterocycles. The Morgan fingerprint density at radius 3 is 3.06 bits per heavy atom. The highest BCUT2D eigenvalue weighted by Gasteiger charge is 2.45. The molecule has 2 rings (SSSR count). The summed E-state index contributed by atoms with van der Waals surface area (Å²) in [7, 11) is 0. The first-order valence-electron chi connectivity index (χ1n) is 5.58. The minimum absolute atomic E-state index is 0.00115. The van der Waals surface area contributed by atoms with Crippen molar-refractivity contribution in [2.45, 2.75) is 32.2 Å². The van der Waals surface area contributed by atoms with Crippen LogP contribution in [0.5, 0.6) is 0 Å². The van der Waals surface area contributed by atoms with Crippen LogP contribution in [0.15, 0.2) is 11.4 Å². The van der Waals surface area contributed by atoms with Crippen LogP contribution in [0.4, 0.5) is 0 Å². The number of hydrogen-bond acceptors (Lipinski definition) is 3. The number of carbonyl (C=O) groups excluding carboxylic acids is 1. The molecule has 1 aliphatic carbocycles. The molecule has 1 saturated carbocycles. The highest BCUT2D eigenvalue weighted by Crippen LogP contribution is 2.50. The lowest BCUT2D eigenvalue weighted by Crippen LogP contribution is -2.36. The van der Waals surface area contributed by atoms with Gasteiger partial charge in [-0.15, -0.1) is 11.3 Å². The number of rotatable bonds is 4. The van der Waals surface area contributed by atoms with Gasteiger partial charge >= 0.3 is 0 Å². The van der Waals surface area contributed by atoms with Crippen molar-refractivity contribution >= 4 is 17.2 Å². The number of carbonyl (C=O) groups is 1. The molecule has 4 heteroatoms. The van der Waals surface area contributed by atoms with Gasteiger partial charge in [0.25, 0.3) is 0 Å². The lowest BCUT2D eigenvalue weighted by molar-refractivity contribution is -0.123. The molecule has 88 valence electrons. The third kappa shape index (κ3) is 2.28. The molecule has 0 bridgehead atoms. The first kappa shape index (κ1) is 11.6. The molecule has 2 N–H and O–H groups in total. The summed E-state index contributed by atoms with van der Waals surface area (Å²) in [6.07, 6.45) is 0.950. The molecule has 3 atom stereocenters. The van der Waals surface area contributed by atoms with Crippen LogP contribution in [0.1, 0.15) is 29.7 Å². The average molecular weight is 239 g/mol. The lowest BCUT2D eigenvalue weighted by atomic mass is 10.2. The van der Waals surface area contributed by atoms with Crippen LogP contribution in [0, 0.1) is 12.8 Å². The standard InChI is InChI=1S/C12H17NO2S/c1-7-3-4-16-11(7)9-5-10(9)12(15)13-8(2)6-14/h3-4,8-10,14H,5-6H2,1-2H3,(H,13,15). The predicted octanol–water partition coefficient (Wildman–Crippen LogP) is 1.66. The van der Waals surface area contributed by atoms with Gasteiger partial charge in [-0.1, -0.05) is 0 Å². The maximum Gasteiger partial charge on any atom is 0.224 e. The number of amides is 1. The zero-order valence-corrected chi connectivity index (χ0v) is 10.4. The molecular formula is C12H17NO2S. The molecule has 0 aliphatic heterocycles. The molecule has 0 aromatic carbocycles. The number of aryl methyl sites for hydroxylation is 1. The first-order chi connectivity index (χ1) is 7.63. The zero-order valence-electron chi connectivity index (χ0n) is 9.56. The van der Waals surface area contributed by atoms with Crippen molar-refractivity contribution in [2.24, 2.45) is 5.92 Å². The number of thiophene rings is 1. The lowest BCUT2D eigenvalue weighted by Gasteiger charge is -2.10. The van der Waals surface area contributed by atoms with Crippen molar-refractivity contribution in [3.8, 4) is 0 Å². The fourth-order valence-electron chi connectivity index (χ4n) is 1.93. The average Bonchev–Trinajstić information content (AvgIpc) is 2.95. The summed E-state index contributed by atoms with van der Waals surface area (Å²) < 4.78 is 0. The van der Waals surface area contributed by atoms with Crippen LogP contribution in [0.2, 0.25) is 0 Å². The van der Waals surface area contributed by atoms with Crippen molar-refractivity contribution in [2.75, 3.05) is 6.61 Å². The van der Waals surface area contributed by atoms with Crippen molar-refractivity contribution in [3.05, 3.63) is 21.9 Å². The Bertz CT molecular complexity index is 388. The van der Waals surface area contributed by atoms with Crippen molar-refractivity contribution in [1.29, 1.82) is 0 Å². The van der Waals surface area contributed by atoms with E-state index in [-0.39, 0.29) is 24.5 Å². The number of nitrogens with one attached hydrogen (secondary N) is 1. The van der Waals surface area contributed by atoms with E-state index < -0.39 is 0 Å². The molecule has 1 fully saturated rings. The van der Waals surface area contributed by atoms with E-state index in [0.717, 1.165) is 6.42 Å². The minimum Gasteiger partial charge on any atom is -0.394 e. The fraction of sp³-hybridized carbons (Fsp3) is 0.583. The Labute approximate surface area is 99.5 Å². The third-order valence-electron chi connectivity index (χ3n) is 3.03. The molecule has 1 amide bonds. The summed E-state index contributed by atoms with van der Waals surface area (Å²) in [6, 6.07) is 1.96. The van der Waals surface area contributed by atoms with Gasteiger partial charge in [0.1, 0.15) is 0 Å². The Morgan fingerprint density at radius 1 is 1.75 bits per heavy atom. The van der Waals surface area contributed by atoms with Crippen LogP contribution in [-0.4, -0.2) is 23.7 Å². The van der Waals surface area contributed by atoms with E-state index in [4.69, 9.17) is 5.11 Å². The van der Waals surface area contributed by atoms with E-state index in [0.29, 0.717) is 5.92 Å². The van der Waals surface area contributed by atoms with E-state index in [9.17, 15) is 4.79 Å². The minimum atomic E-state index is -0.141. The van der Waals surface area contributed by atoms with Crippen molar-refractivity contribution < 1.29 is 9.90 Å². The number of hydrogen-bond donors (Lipinski definition) is 2. The van der Waals surface area contributed by atoms with Gasteiger partial charge in [0.05, 0.1) is 6.61 Å². The summed E-state index contributed by atoms with van der Waals surface area (Å²) in [4.78, 5) is 13.1. The van der Waals surface area contributed by atoms with Crippen LogP contribution in [-0.2, 0) is 4.79 Å². The largest absolute Gasteiger partial charge is 0.394 e. The molecule has 0 saturated heterocycles. The third-order valence-corrected chi connectivity index (χ3v) is 4.18. The molecule has 0 radical (unpaired) electrons. The molecule has 1 aliphatic rings. The van der Waals surface area contributed by atoms with Crippen molar-refractivity contribution in [3.63, 3.8) is 0 Å². The van der Waals surface area contributed by atoms with Gasteiger partial charge in [0.15, 0.2) is 0 Å². The van der Waals surface area contributed by atoms with Gasteiger partial charge in [-0.25, -0.2) is 0 Å². The second-order valence-electron chi connectivity index (χ2n) is 4.51. The molecule has 3 unspecified atom stereocenters. The van der Waals surface area contributed by atoms with Gasteiger partial charge in [-0.05, 0) is 37.3 Å². The number of aliphatic hydroxyl groups excluding tert-OH is 1.